The van der Waals surface area contributed by atoms with E-state index in [1.807, 2.05) is 49.9 Å². The van der Waals surface area contributed by atoms with Gasteiger partial charge in [0.05, 0.1) is 0 Å². The lowest BCUT2D eigenvalue weighted by Crippen LogP contribution is -2.42. The molecule has 2 aromatic rings. The minimum atomic E-state index is -0.0158. The number of nitrogens with zero attached hydrogens (tertiary/aromatic N) is 3. The highest BCUT2D eigenvalue weighted by Crippen LogP contribution is 2.22. The fourth-order valence-corrected chi connectivity index (χ4v) is 3.03. The Kier molecular flexibility index (Phi) is 4.79. The molecule has 1 saturated heterocycles. The topological polar surface area (TPSA) is 55.3 Å². The Hall–Kier alpha value is -2.43. The van der Waals surface area contributed by atoms with Crippen LogP contribution >= 0.6 is 0 Å². The van der Waals surface area contributed by atoms with Gasteiger partial charge >= 0.3 is 0 Å². The van der Waals surface area contributed by atoms with Crippen molar-refractivity contribution in [3.05, 3.63) is 53.1 Å². The number of ether oxygens (including phenoxy) is 1. The first kappa shape index (κ1) is 16.4. The number of benzene rings is 1. The summed E-state index contributed by atoms with van der Waals surface area (Å²) in [4.78, 5) is 23.0. The van der Waals surface area contributed by atoms with Gasteiger partial charge in [0.25, 0.3) is 5.91 Å². The van der Waals surface area contributed by atoms with Crippen molar-refractivity contribution in [2.45, 2.75) is 39.7 Å². The van der Waals surface area contributed by atoms with Crippen LogP contribution in [0.5, 0.6) is 5.75 Å². The molecular formula is C19H23N3O2. The van der Waals surface area contributed by atoms with Gasteiger partial charge in [-0.25, -0.2) is 9.97 Å². The molecule has 2 heterocycles. The monoisotopic (exact) mass is 325 g/mol. The third kappa shape index (κ3) is 3.72. The van der Waals surface area contributed by atoms with Gasteiger partial charge in [0.2, 0.25) is 0 Å². The first-order chi connectivity index (χ1) is 11.5. The molecule has 1 aliphatic heterocycles. The Bertz CT molecular complexity index is 717. The van der Waals surface area contributed by atoms with Crippen molar-refractivity contribution < 1.29 is 9.53 Å². The second-order valence-electron chi connectivity index (χ2n) is 6.32. The summed E-state index contributed by atoms with van der Waals surface area (Å²) in [7, 11) is 0. The van der Waals surface area contributed by atoms with E-state index in [9.17, 15) is 4.79 Å². The van der Waals surface area contributed by atoms with Crippen LogP contribution in [0.3, 0.4) is 0 Å². The summed E-state index contributed by atoms with van der Waals surface area (Å²) in [6.45, 7) is 7.13. The van der Waals surface area contributed by atoms with Crippen molar-refractivity contribution in [3.63, 3.8) is 0 Å². The van der Waals surface area contributed by atoms with Gasteiger partial charge in [-0.1, -0.05) is 18.2 Å². The number of carbonyl (C=O) groups is 1. The lowest BCUT2D eigenvalue weighted by atomic mass is 10.1. The van der Waals surface area contributed by atoms with Crippen LogP contribution in [0.1, 0.15) is 40.4 Å². The number of aryl methyl sites for hydroxylation is 3. The molecular weight excluding hydrogens is 302 g/mol. The highest BCUT2D eigenvalue weighted by atomic mass is 16.5. The highest BCUT2D eigenvalue weighted by molar-refractivity contribution is 5.92. The zero-order chi connectivity index (χ0) is 17.1. The number of piperidine rings is 1. The lowest BCUT2D eigenvalue weighted by Gasteiger charge is -2.32. The minimum absolute atomic E-state index is 0.0158. The number of para-hydroxylation sites is 1. The van der Waals surface area contributed by atoms with E-state index in [4.69, 9.17) is 4.74 Å². The summed E-state index contributed by atoms with van der Waals surface area (Å²) >= 11 is 0. The molecule has 5 heteroatoms. The Labute approximate surface area is 142 Å². The molecule has 0 unspecified atom stereocenters. The Balaban J connectivity index is 1.60. The van der Waals surface area contributed by atoms with Gasteiger partial charge in [-0.3, -0.25) is 4.79 Å². The van der Waals surface area contributed by atoms with Crippen LogP contribution < -0.4 is 4.74 Å². The predicted octanol–water partition coefficient (Wildman–Crippen LogP) is 3.09. The van der Waals surface area contributed by atoms with Crippen molar-refractivity contribution in [2.24, 2.45) is 0 Å². The van der Waals surface area contributed by atoms with E-state index in [0.717, 1.165) is 29.8 Å². The first-order valence-corrected chi connectivity index (χ1v) is 8.37. The van der Waals surface area contributed by atoms with Crippen LogP contribution in [-0.4, -0.2) is 40.0 Å². The third-order valence-electron chi connectivity index (χ3n) is 4.30. The Morgan fingerprint density at radius 2 is 1.83 bits per heavy atom. The van der Waals surface area contributed by atoms with Gasteiger partial charge < -0.3 is 9.64 Å². The number of likely N-dealkylation sites (tertiary alicyclic amines) is 1. The van der Waals surface area contributed by atoms with Gasteiger partial charge in [-0.05, 0) is 38.5 Å². The molecule has 1 aromatic carbocycles. The van der Waals surface area contributed by atoms with E-state index >= 15 is 0 Å². The number of hydrogen-bond acceptors (Lipinski definition) is 4. The molecule has 0 atom stereocenters. The molecule has 0 saturated carbocycles. The second kappa shape index (κ2) is 6.99. The van der Waals surface area contributed by atoms with Crippen LogP contribution in [0, 0.1) is 20.8 Å². The summed E-state index contributed by atoms with van der Waals surface area (Å²) in [5, 5.41) is 0. The maximum absolute atomic E-state index is 12.6. The molecule has 3 rings (SSSR count). The smallest absolute Gasteiger partial charge is 0.272 e. The number of aromatic nitrogens is 2. The molecule has 5 nitrogen and oxygen atoms in total. The average Bonchev–Trinajstić information content (AvgIpc) is 2.56. The van der Waals surface area contributed by atoms with Crippen LogP contribution in [-0.2, 0) is 0 Å². The van der Waals surface area contributed by atoms with Crippen molar-refractivity contribution in [1.82, 2.24) is 14.9 Å². The van der Waals surface area contributed by atoms with Crippen LogP contribution in [0.25, 0.3) is 0 Å². The molecule has 0 N–H and O–H groups in total. The molecule has 1 aromatic heterocycles. The number of rotatable bonds is 3. The summed E-state index contributed by atoms with van der Waals surface area (Å²) in [5.41, 5.74) is 2.45. The lowest BCUT2D eigenvalue weighted by molar-refractivity contribution is 0.0588. The van der Waals surface area contributed by atoms with E-state index in [1.54, 1.807) is 6.07 Å². The molecule has 24 heavy (non-hydrogen) atoms. The molecule has 0 bridgehead atoms. The fourth-order valence-electron chi connectivity index (χ4n) is 3.03. The molecule has 1 aliphatic rings. The quantitative estimate of drug-likeness (QED) is 0.870. The number of hydrogen-bond donors (Lipinski definition) is 0. The van der Waals surface area contributed by atoms with Crippen LogP contribution in [0.15, 0.2) is 30.3 Å². The Morgan fingerprint density at radius 1 is 1.12 bits per heavy atom. The zero-order valence-electron chi connectivity index (χ0n) is 14.5. The molecule has 1 amide bonds. The third-order valence-corrected chi connectivity index (χ3v) is 4.30. The molecule has 0 radical (unpaired) electrons. The van der Waals surface area contributed by atoms with Crippen molar-refractivity contribution in [1.29, 1.82) is 0 Å². The maximum Gasteiger partial charge on any atom is 0.272 e. The number of carbonyl (C=O) groups excluding carboxylic acids is 1. The average molecular weight is 325 g/mol. The largest absolute Gasteiger partial charge is 0.490 e. The standard InChI is InChI=1S/C19H23N3O2/c1-13-6-4-5-7-18(13)24-16-8-10-22(11-9-16)19(23)17-12-14(2)20-15(3)21-17/h4-7,12,16H,8-11H2,1-3H3. The van der Waals surface area contributed by atoms with E-state index in [0.29, 0.717) is 24.6 Å². The van der Waals surface area contributed by atoms with Crippen LogP contribution in [0.4, 0.5) is 0 Å². The van der Waals surface area contributed by atoms with Crippen molar-refractivity contribution in [2.75, 3.05) is 13.1 Å². The van der Waals surface area contributed by atoms with E-state index < -0.39 is 0 Å². The van der Waals surface area contributed by atoms with Gasteiger partial charge in [-0.15, -0.1) is 0 Å². The normalized spacial score (nSPS) is 15.4. The molecule has 126 valence electrons. The molecule has 0 aliphatic carbocycles. The maximum atomic E-state index is 12.6. The van der Waals surface area contributed by atoms with Crippen LogP contribution in [0.2, 0.25) is 0 Å². The Morgan fingerprint density at radius 3 is 2.50 bits per heavy atom. The zero-order valence-corrected chi connectivity index (χ0v) is 14.5. The SMILES string of the molecule is Cc1cc(C(=O)N2CCC(Oc3ccccc3C)CC2)nc(C)n1. The minimum Gasteiger partial charge on any atom is -0.490 e. The fraction of sp³-hybridized carbons (Fsp3) is 0.421. The van der Waals surface area contributed by atoms with Crippen molar-refractivity contribution >= 4 is 5.91 Å². The van der Waals surface area contributed by atoms with Gasteiger partial charge in [0.1, 0.15) is 23.4 Å². The van der Waals surface area contributed by atoms with Gasteiger partial charge in [0.15, 0.2) is 0 Å². The van der Waals surface area contributed by atoms with Gasteiger partial charge in [-0.2, -0.15) is 0 Å². The number of amides is 1. The highest BCUT2D eigenvalue weighted by Gasteiger charge is 2.26. The van der Waals surface area contributed by atoms with E-state index in [1.165, 1.54) is 0 Å². The second-order valence-corrected chi connectivity index (χ2v) is 6.32. The van der Waals surface area contributed by atoms with E-state index in [-0.39, 0.29) is 12.0 Å². The summed E-state index contributed by atoms with van der Waals surface area (Å²) in [5.74, 6) is 1.55. The summed E-state index contributed by atoms with van der Waals surface area (Å²) in [6.07, 6.45) is 1.83. The summed E-state index contributed by atoms with van der Waals surface area (Å²) < 4.78 is 6.09. The molecule has 1 fully saturated rings. The van der Waals surface area contributed by atoms with E-state index in [2.05, 4.69) is 9.97 Å². The first-order valence-electron chi connectivity index (χ1n) is 8.37. The van der Waals surface area contributed by atoms with Crippen molar-refractivity contribution in [3.8, 4) is 5.75 Å². The predicted molar refractivity (Wildman–Crippen MR) is 92.2 cm³/mol. The molecule has 0 spiro atoms. The summed E-state index contributed by atoms with van der Waals surface area (Å²) in [6, 6.07) is 9.80. The van der Waals surface area contributed by atoms with Gasteiger partial charge in [0, 0.05) is 31.6 Å².